The first-order valence-electron chi connectivity index (χ1n) is 8.14. The van der Waals surface area contributed by atoms with Gasteiger partial charge < -0.3 is 9.72 Å². The standard InChI is InChI=1S/C18H17N5OS2/c1-11-12(2)26-18-16(11)17(20-10-21-18)25-9-15(24)19-7-13-8-23-6-4-3-5-14(23)22-13/h3-6,8,10H,7,9H2,1-2H3,(H,19,24). The Morgan fingerprint density at radius 1 is 1.31 bits per heavy atom. The van der Waals surface area contributed by atoms with E-state index in [0.29, 0.717) is 12.3 Å². The topological polar surface area (TPSA) is 72.2 Å². The lowest BCUT2D eigenvalue weighted by molar-refractivity contribution is -0.118. The third-order valence-corrected chi connectivity index (χ3v) is 6.26. The van der Waals surface area contributed by atoms with Crippen LogP contribution in [0.2, 0.25) is 0 Å². The van der Waals surface area contributed by atoms with E-state index in [0.717, 1.165) is 26.6 Å². The number of imidazole rings is 1. The summed E-state index contributed by atoms with van der Waals surface area (Å²) in [5, 5.41) is 4.85. The van der Waals surface area contributed by atoms with E-state index in [2.05, 4.69) is 34.1 Å². The van der Waals surface area contributed by atoms with Crippen molar-refractivity contribution in [3.63, 3.8) is 0 Å². The van der Waals surface area contributed by atoms with Gasteiger partial charge in [-0.2, -0.15) is 0 Å². The van der Waals surface area contributed by atoms with Crippen LogP contribution >= 0.6 is 23.1 Å². The first-order chi connectivity index (χ1) is 12.6. The molecule has 0 saturated carbocycles. The summed E-state index contributed by atoms with van der Waals surface area (Å²) in [4.78, 5) is 27.6. The van der Waals surface area contributed by atoms with Crippen LogP contribution in [0.3, 0.4) is 0 Å². The molecule has 0 radical (unpaired) electrons. The first kappa shape index (κ1) is 17.0. The number of amides is 1. The lowest BCUT2D eigenvalue weighted by Crippen LogP contribution is -2.24. The van der Waals surface area contributed by atoms with Crippen LogP contribution in [0.1, 0.15) is 16.1 Å². The van der Waals surface area contributed by atoms with E-state index in [1.165, 1.54) is 22.2 Å². The van der Waals surface area contributed by atoms with Gasteiger partial charge in [-0.3, -0.25) is 4.79 Å². The Hall–Kier alpha value is -2.45. The number of pyridine rings is 1. The summed E-state index contributed by atoms with van der Waals surface area (Å²) >= 11 is 3.10. The number of hydrogen-bond donors (Lipinski definition) is 1. The van der Waals surface area contributed by atoms with Crippen LogP contribution in [0.4, 0.5) is 0 Å². The third-order valence-electron chi connectivity index (χ3n) is 4.15. The molecule has 4 heterocycles. The Morgan fingerprint density at radius 3 is 3.04 bits per heavy atom. The van der Waals surface area contributed by atoms with Crippen molar-refractivity contribution in [3.05, 3.63) is 53.1 Å². The van der Waals surface area contributed by atoms with Gasteiger partial charge in [0.25, 0.3) is 0 Å². The molecule has 26 heavy (non-hydrogen) atoms. The zero-order chi connectivity index (χ0) is 18.1. The van der Waals surface area contributed by atoms with E-state index in [9.17, 15) is 4.79 Å². The molecule has 8 heteroatoms. The Morgan fingerprint density at radius 2 is 2.19 bits per heavy atom. The minimum atomic E-state index is -0.0385. The average Bonchev–Trinajstić information content (AvgIpc) is 3.19. The normalized spacial score (nSPS) is 11.3. The molecule has 4 aromatic heterocycles. The molecule has 0 fully saturated rings. The number of thioether (sulfide) groups is 1. The van der Waals surface area contributed by atoms with E-state index in [1.807, 2.05) is 35.0 Å². The lowest BCUT2D eigenvalue weighted by Gasteiger charge is -2.04. The van der Waals surface area contributed by atoms with Crippen molar-refractivity contribution >= 4 is 44.9 Å². The number of nitrogens with zero attached hydrogens (tertiary/aromatic N) is 4. The fourth-order valence-corrected chi connectivity index (χ4v) is 4.65. The molecular formula is C18H17N5OS2. The van der Waals surface area contributed by atoms with Gasteiger partial charge in [-0.1, -0.05) is 17.8 Å². The maximum atomic E-state index is 12.2. The molecule has 132 valence electrons. The van der Waals surface area contributed by atoms with Crippen LogP contribution < -0.4 is 5.32 Å². The molecule has 0 aliphatic carbocycles. The number of fused-ring (bicyclic) bond motifs is 2. The summed E-state index contributed by atoms with van der Waals surface area (Å²) in [6.07, 6.45) is 5.43. The van der Waals surface area contributed by atoms with Gasteiger partial charge >= 0.3 is 0 Å². The van der Waals surface area contributed by atoms with Crippen LogP contribution in [0.5, 0.6) is 0 Å². The van der Waals surface area contributed by atoms with Gasteiger partial charge in [0.15, 0.2) is 0 Å². The lowest BCUT2D eigenvalue weighted by atomic mass is 10.2. The Balaban J connectivity index is 1.40. The number of rotatable bonds is 5. The zero-order valence-corrected chi connectivity index (χ0v) is 16.0. The fourth-order valence-electron chi connectivity index (χ4n) is 2.71. The number of hydrogen-bond acceptors (Lipinski definition) is 6. The van der Waals surface area contributed by atoms with Crippen molar-refractivity contribution in [2.24, 2.45) is 0 Å². The van der Waals surface area contributed by atoms with Gasteiger partial charge in [0, 0.05) is 22.7 Å². The molecule has 0 saturated heterocycles. The first-order valence-corrected chi connectivity index (χ1v) is 9.95. The maximum Gasteiger partial charge on any atom is 0.230 e. The highest BCUT2D eigenvalue weighted by Gasteiger charge is 2.13. The van der Waals surface area contributed by atoms with Crippen molar-refractivity contribution in [2.75, 3.05) is 5.75 Å². The Kier molecular flexibility index (Phi) is 4.60. The van der Waals surface area contributed by atoms with Gasteiger partial charge in [0.2, 0.25) is 5.91 Å². The highest BCUT2D eigenvalue weighted by Crippen LogP contribution is 2.34. The van der Waals surface area contributed by atoms with E-state index >= 15 is 0 Å². The number of aromatic nitrogens is 4. The Labute approximate surface area is 158 Å². The van der Waals surface area contributed by atoms with E-state index in [1.54, 1.807) is 17.7 Å². The van der Waals surface area contributed by atoms with E-state index in [4.69, 9.17) is 0 Å². The zero-order valence-electron chi connectivity index (χ0n) is 14.4. The monoisotopic (exact) mass is 383 g/mol. The van der Waals surface area contributed by atoms with E-state index < -0.39 is 0 Å². The number of carbonyl (C=O) groups excluding carboxylic acids is 1. The van der Waals surface area contributed by atoms with E-state index in [-0.39, 0.29) is 5.91 Å². The molecule has 4 aromatic rings. The summed E-state index contributed by atoms with van der Waals surface area (Å²) in [6, 6.07) is 5.83. The number of carbonyl (C=O) groups is 1. The van der Waals surface area contributed by atoms with Gasteiger partial charge in [-0.05, 0) is 31.5 Å². The van der Waals surface area contributed by atoms with Crippen molar-refractivity contribution in [1.29, 1.82) is 0 Å². The molecule has 0 aromatic carbocycles. The second-order valence-electron chi connectivity index (χ2n) is 5.91. The number of aryl methyl sites for hydroxylation is 2. The van der Waals surface area contributed by atoms with Crippen LogP contribution in [0, 0.1) is 13.8 Å². The van der Waals surface area contributed by atoms with Gasteiger partial charge in [-0.15, -0.1) is 11.3 Å². The van der Waals surface area contributed by atoms with Gasteiger partial charge in [0.1, 0.15) is 21.8 Å². The van der Waals surface area contributed by atoms with Crippen molar-refractivity contribution < 1.29 is 4.79 Å². The summed E-state index contributed by atoms with van der Waals surface area (Å²) in [7, 11) is 0. The molecule has 0 spiro atoms. The average molecular weight is 384 g/mol. The van der Waals surface area contributed by atoms with Crippen LogP contribution in [-0.2, 0) is 11.3 Å². The van der Waals surface area contributed by atoms with Crippen LogP contribution in [-0.4, -0.2) is 31.0 Å². The van der Waals surface area contributed by atoms with Crippen molar-refractivity contribution in [1.82, 2.24) is 24.7 Å². The molecule has 1 amide bonds. The highest BCUT2D eigenvalue weighted by molar-refractivity contribution is 8.00. The SMILES string of the molecule is Cc1sc2ncnc(SCC(=O)NCc3cn4ccccc4n3)c2c1C. The predicted octanol–water partition coefficient (Wildman–Crippen LogP) is 3.36. The quantitative estimate of drug-likeness (QED) is 0.423. The molecule has 0 aliphatic heterocycles. The van der Waals surface area contributed by atoms with Crippen molar-refractivity contribution in [2.45, 2.75) is 25.4 Å². The smallest absolute Gasteiger partial charge is 0.230 e. The minimum absolute atomic E-state index is 0.0385. The molecule has 0 bridgehead atoms. The van der Waals surface area contributed by atoms with Gasteiger partial charge in [-0.25, -0.2) is 15.0 Å². The molecule has 0 atom stereocenters. The van der Waals surface area contributed by atoms with Crippen LogP contribution in [0.25, 0.3) is 15.9 Å². The molecular weight excluding hydrogens is 366 g/mol. The highest BCUT2D eigenvalue weighted by atomic mass is 32.2. The summed E-state index contributed by atoms with van der Waals surface area (Å²) < 4.78 is 1.94. The second-order valence-corrected chi connectivity index (χ2v) is 8.07. The maximum absolute atomic E-state index is 12.2. The van der Waals surface area contributed by atoms with Crippen LogP contribution in [0.15, 0.2) is 41.9 Å². The number of thiophene rings is 1. The number of nitrogens with one attached hydrogen (secondary N) is 1. The second kappa shape index (κ2) is 7.05. The minimum Gasteiger partial charge on any atom is -0.350 e. The predicted molar refractivity (Wildman–Crippen MR) is 105 cm³/mol. The molecule has 0 aliphatic rings. The molecule has 0 unspecified atom stereocenters. The Bertz CT molecular complexity index is 1070. The third kappa shape index (κ3) is 3.30. The van der Waals surface area contributed by atoms with Gasteiger partial charge in [0.05, 0.1) is 18.0 Å². The largest absolute Gasteiger partial charge is 0.350 e. The molecule has 6 nitrogen and oxygen atoms in total. The fraction of sp³-hybridized carbons (Fsp3) is 0.222. The summed E-state index contributed by atoms with van der Waals surface area (Å²) in [6.45, 7) is 4.57. The molecule has 1 N–H and O–H groups in total. The molecule has 4 rings (SSSR count). The summed E-state index contributed by atoms with van der Waals surface area (Å²) in [5.41, 5.74) is 2.90. The van der Waals surface area contributed by atoms with Crippen molar-refractivity contribution in [3.8, 4) is 0 Å². The summed E-state index contributed by atoms with van der Waals surface area (Å²) in [5.74, 6) is 0.275.